The highest BCUT2D eigenvalue weighted by Gasteiger charge is 2.13. The fourth-order valence-electron chi connectivity index (χ4n) is 1.05. The van der Waals surface area contributed by atoms with Crippen LogP contribution in [0.4, 0.5) is 0 Å². The standard InChI is InChI=1S/C9H8O4S2/c10-7(11)4-1-5(8(12)13)3-6(2-4)9(14)15/h1-3,9,14-15H,(H,10,11)(H,12,13). The van der Waals surface area contributed by atoms with Gasteiger partial charge in [-0.05, 0) is 23.8 Å². The van der Waals surface area contributed by atoms with Crippen molar-refractivity contribution in [3.63, 3.8) is 0 Å². The minimum absolute atomic E-state index is 0.0852. The van der Waals surface area contributed by atoms with E-state index in [1.165, 1.54) is 12.1 Å². The Kier molecular flexibility index (Phi) is 3.65. The van der Waals surface area contributed by atoms with E-state index in [1.54, 1.807) is 0 Å². The number of thiol groups is 2. The lowest BCUT2D eigenvalue weighted by molar-refractivity contribution is 0.0696. The minimum atomic E-state index is -1.18. The first-order valence-corrected chi connectivity index (χ1v) is 4.93. The predicted molar refractivity (Wildman–Crippen MR) is 61.1 cm³/mol. The topological polar surface area (TPSA) is 74.6 Å². The molecule has 0 fully saturated rings. The van der Waals surface area contributed by atoms with Crippen LogP contribution < -0.4 is 0 Å². The van der Waals surface area contributed by atoms with E-state index < -0.39 is 16.5 Å². The van der Waals surface area contributed by atoms with E-state index in [4.69, 9.17) is 10.2 Å². The van der Waals surface area contributed by atoms with Crippen molar-refractivity contribution < 1.29 is 19.8 Å². The van der Waals surface area contributed by atoms with Crippen molar-refractivity contribution in [2.75, 3.05) is 0 Å². The van der Waals surface area contributed by atoms with Crippen LogP contribution in [0.25, 0.3) is 0 Å². The summed E-state index contributed by atoms with van der Waals surface area (Å²) in [5.41, 5.74) is 0.273. The molecule has 0 spiro atoms. The Hall–Kier alpha value is -1.14. The molecule has 2 N–H and O–H groups in total. The van der Waals surface area contributed by atoms with E-state index in [-0.39, 0.29) is 11.1 Å². The summed E-state index contributed by atoms with van der Waals surface area (Å²) < 4.78 is -0.512. The van der Waals surface area contributed by atoms with Crippen LogP contribution in [0.15, 0.2) is 18.2 Å². The van der Waals surface area contributed by atoms with E-state index in [9.17, 15) is 9.59 Å². The number of aromatic carboxylic acids is 2. The normalized spacial score (nSPS) is 10.3. The highest BCUT2D eigenvalue weighted by Crippen LogP contribution is 2.25. The van der Waals surface area contributed by atoms with Gasteiger partial charge in [0.15, 0.2) is 0 Å². The summed E-state index contributed by atoms with van der Waals surface area (Å²) in [6, 6.07) is 3.79. The minimum Gasteiger partial charge on any atom is -0.478 e. The highest BCUT2D eigenvalue weighted by atomic mass is 32.2. The number of hydrogen-bond donors (Lipinski definition) is 4. The van der Waals surface area contributed by atoms with Crippen molar-refractivity contribution >= 4 is 37.2 Å². The Balaban J connectivity index is 3.32. The maximum atomic E-state index is 10.7. The number of carboxylic acids is 2. The SMILES string of the molecule is O=C(O)c1cc(C(=O)O)cc(C(S)S)c1. The van der Waals surface area contributed by atoms with Gasteiger partial charge in [0.1, 0.15) is 0 Å². The van der Waals surface area contributed by atoms with Gasteiger partial charge in [-0.3, -0.25) is 0 Å². The Morgan fingerprint density at radius 2 is 1.40 bits per heavy atom. The zero-order chi connectivity index (χ0) is 11.6. The molecule has 0 saturated heterocycles. The zero-order valence-electron chi connectivity index (χ0n) is 7.41. The molecule has 1 aromatic rings. The quantitative estimate of drug-likeness (QED) is 0.484. The van der Waals surface area contributed by atoms with E-state index >= 15 is 0 Å². The number of hydrogen-bond acceptors (Lipinski definition) is 4. The summed E-state index contributed by atoms with van der Waals surface area (Å²) in [7, 11) is 0. The predicted octanol–water partition coefficient (Wildman–Crippen LogP) is 1.94. The first kappa shape index (κ1) is 11.9. The van der Waals surface area contributed by atoms with Crippen molar-refractivity contribution in [1.82, 2.24) is 0 Å². The van der Waals surface area contributed by atoms with Gasteiger partial charge < -0.3 is 10.2 Å². The van der Waals surface area contributed by atoms with Crippen LogP contribution in [0.1, 0.15) is 30.9 Å². The molecule has 0 unspecified atom stereocenters. The van der Waals surface area contributed by atoms with Crippen LogP contribution in [-0.4, -0.2) is 22.2 Å². The molecule has 80 valence electrons. The molecule has 0 aromatic heterocycles. The monoisotopic (exact) mass is 244 g/mol. The summed E-state index contributed by atoms with van der Waals surface area (Å²) in [6.07, 6.45) is 0. The summed E-state index contributed by atoms with van der Waals surface area (Å²) in [5.74, 6) is -2.36. The molecule has 0 aliphatic carbocycles. The third kappa shape index (κ3) is 2.90. The zero-order valence-corrected chi connectivity index (χ0v) is 9.20. The van der Waals surface area contributed by atoms with E-state index in [0.717, 1.165) is 6.07 Å². The maximum Gasteiger partial charge on any atom is 0.335 e. The Bertz CT molecular complexity index is 382. The van der Waals surface area contributed by atoms with Gasteiger partial charge in [0, 0.05) is 0 Å². The third-order valence-electron chi connectivity index (χ3n) is 1.75. The first-order chi connectivity index (χ1) is 6.91. The molecule has 0 aliphatic heterocycles. The van der Waals surface area contributed by atoms with Crippen molar-refractivity contribution in [1.29, 1.82) is 0 Å². The lowest BCUT2D eigenvalue weighted by Gasteiger charge is -2.06. The molecule has 0 saturated carbocycles. The number of carboxylic acid groups (broad SMARTS) is 2. The largest absolute Gasteiger partial charge is 0.478 e. The fraction of sp³-hybridized carbons (Fsp3) is 0.111. The van der Waals surface area contributed by atoms with Gasteiger partial charge in [0.2, 0.25) is 0 Å². The molecule has 0 radical (unpaired) electrons. The van der Waals surface area contributed by atoms with Gasteiger partial charge in [-0.1, -0.05) is 0 Å². The van der Waals surface area contributed by atoms with Crippen molar-refractivity contribution in [2.45, 2.75) is 4.58 Å². The maximum absolute atomic E-state index is 10.7. The summed E-state index contributed by atoms with van der Waals surface area (Å²) in [6.45, 7) is 0. The molecule has 4 nitrogen and oxygen atoms in total. The summed E-state index contributed by atoms with van der Waals surface area (Å²) in [4.78, 5) is 21.4. The van der Waals surface area contributed by atoms with Gasteiger partial charge in [-0.25, -0.2) is 9.59 Å². The molecule has 15 heavy (non-hydrogen) atoms. The molecule has 1 aromatic carbocycles. The highest BCUT2D eigenvalue weighted by molar-refractivity contribution is 7.98. The molecular weight excluding hydrogens is 236 g/mol. The number of benzene rings is 1. The molecule has 0 bridgehead atoms. The molecule has 0 heterocycles. The van der Waals surface area contributed by atoms with Gasteiger partial charge in [-0.15, -0.1) is 0 Å². The first-order valence-electron chi connectivity index (χ1n) is 3.89. The molecular formula is C9H8O4S2. The Morgan fingerprint density at radius 3 is 1.67 bits per heavy atom. The van der Waals surface area contributed by atoms with Crippen LogP contribution >= 0.6 is 25.3 Å². The van der Waals surface area contributed by atoms with Crippen LogP contribution in [0, 0.1) is 0 Å². The van der Waals surface area contributed by atoms with Gasteiger partial charge in [0.05, 0.1) is 15.7 Å². The van der Waals surface area contributed by atoms with Crippen LogP contribution in [-0.2, 0) is 0 Å². The lowest BCUT2D eigenvalue weighted by atomic mass is 10.1. The Morgan fingerprint density at radius 1 is 1.00 bits per heavy atom. The summed E-state index contributed by atoms with van der Waals surface area (Å²) >= 11 is 7.99. The molecule has 0 amide bonds. The second-order valence-electron chi connectivity index (χ2n) is 2.83. The third-order valence-corrected chi connectivity index (χ3v) is 2.34. The van der Waals surface area contributed by atoms with Crippen LogP contribution in [0.2, 0.25) is 0 Å². The smallest absolute Gasteiger partial charge is 0.335 e. The number of carbonyl (C=O) groups is 2. The molecule has 6 heteroatoms. The second kappa shape index (κ2) is 4.59. The molecule has 0 aliphatic rings. The van der Waals surface area contributed by atoms with E-state index in [0.29, 0.717) is 5.56 Å². The van der Waals surface area contributed by atoms with E-state index in [1.807, 2.05) is 0 Å². The van der Waals surface area contributed by atoms with Crippen LogP contribution in [0.3, 0.4) is 0 Å². The van der Waals surface area contributed by atoms with Gasteiger partial charge in [0.25, 0.3) is 0 Å². The average molecular weight is 244 g/mol. The van der Waals surface area contributed by atoms with E-state index in [2.05, 4.69) is 25.3 Å². The van der Waals surface area contributed by atoms with Gasteiger partial charge in [-0.2, -0.15) is 25.3 Å². The second-order valence-corrected chi connectivity index (χ2v) is 4.27. The molecule has 0 atom stereocenters. The Labute approximate surface area is 96.7 Å². The molecule has 1 rings (SSSR count). The van der Waals surface area contributed by atoms with Crippen LogP contribution in [0.5, 0.6) is 0 Å². The average Bonchev–Trinajstić information content (AvgIpc) is 2.16. The number of rotatable bonds is 3. The van der Waals surface area contributed by atoms with Crippen molar-refractivity contribution in [3.05, 3.63) is 34.9 Å². The fourth-order valence-corrected chi connectivity index (χ4v) is 1.35. The summed E-state index contributed by atoms with van der Waals surface area (Å²) in [5, 5.41) is 17.5. The lowest BCUT2D eigenvalue weighted by Crippen LogP contribution is -2.04. The van der Waals surface area contributed by atoms with Crippen molar-refractivity contribution in [2.24, 2.45) is 0 Å². The van der Waals surface area contributed by atoms with Gasteiger partial charge >= 0.3 is 11.9 Å². The van der Waals surface area contributed by atoms with Crippen molar-refractivity contribution in [3.8, 4) is 0 Å².